The van der Waals surface area contributed by atoms with E-state index in [-0.39, 0.29) is 30.6 Å². The van der Waals surface area contributed by atoms with Crippen LogP contribution in [0, 0.1) is 5.82 Å². The summed E-state index contributed by atoms with van der Waals surface area (Å²) in [4.78, 5) is 12.9. The zero-order valence-corrected chi connectivity index (χ0v) is 11.7. The lowest BCUT2D eigenvalue weighted by molar-refractivity contribution is -0.116. The van der Waals surface area contributed by atoms with Crippen LogP contribution in [0.2, 0.25) is 0 Å². The average molecular weight is 288 g/mol. The van der Waals surface area contributed by atoms with E-state index in [0.717, 1.165) is 0 Å². The summed E-state index contributed by atoms with van der Waals surface area (Å²) < 4.78 is 37.7. The molecule has 0 spiro atoms. The molecule has 0 aliphatic carbocycles. The van der Waals surface area contributed by atoms with Crippen molar-refractivity contribution in [2.75, 3.05) is 23.7 Å². The van der Waals surface area contributed by atoms with Crippen LogP contribution >= 0.6 is 0 Å². The summed E-state index contributed by atoms with van der Waals surface area (Å²) in [6.45, 7) is 3.22. The molecule has 5 nitrogen and oxygen atoms in total. The first-order valence-electron chi connectivity index (χ1n) is 5.86. The zero-order chi connectivity index (χ0) is 14.5. The van der Waals surface area contributed by atoms with Crippen molar-refractivity contribution in [2.45, 2.75) is 13.8 Å². The average Bonchev–Trinajstić information content (AvgIpc) is 2.36. The summed E-state index contributed by atoms with van der Waals surface area (Å²) in [5, 5.41) is 0. The number of carbonyl (C=O) groups excluding carboxylic acids is 1. The van der Waals surface area contributed by atoms with Gasteiger partial charge < -0.3 is 4.90 Å². The minimum Gasteiger partial charge on any atom is -0.311 e. The van der Waals surface area contributed by atoms with Crippen LogP contribution < -0.4 is 9.62 Å². The Morgan fingerprint density at radius 2 is 1.89 bits per heavy atom. The van der Waals surface area contributed by atoms with Gasteiger partial charge in [-0.2, -0.15) is 0 Å². The highest BCUT2D eigenvalue weighted by molar-refractivity contribution is 7.89. The summed E-state index contributed by atoms with van der Waals surface area (Å²) in [6.07, 6.45) is 0. The standard InChI is InChI=1S/C12H17FN2O3S/c1-3-19(17,18)14-8-9-15(10(2)16)12-6-4-11(13)5-7-12/h4-7,14H,3,8-9H2,1-2H3. The SMILES string of the molecule is CCS(=O)(=O)NCCN(C(C)=O)c1ccc(F)cc1. The number of benzene rings is 1. The second kappa shape index (κ2) is 6.63. The first kappa shape index (κ1) is 15.6. The van der Waals surface area contributed by atoms with Crippen molar-refractivity contribution in [3.8, 4) is 0 Å². The molecule has 1 aromatic rings. The van der Waals surface area contributed by atoms with Crippen molar-refractivity contribution in [2.24, 2.45) is 0 Å². The summed E-state index contributed by atoms with van der Waals surface area (Å²) in [5.41, 5.74) is 0.532. The Labute approximate surface area is 112 Å². The Balaban J connectivity index is 2.69. The fourth-order valence-electron chi connectivity index (χ4n) is 1.50. The zero-order valence-electron chi connectivity index (χ0n) is 10.9. The number of nitrogens with one attached hydrogen (secondary N) is 1. The molecule has 19 heavy (non-hydrogen) atoms. The van der Waals surface area contributed by atoms with Crippen LogP contribution in [-0.2, 0) is 14.8 Å². The summed E-state index contributed by atoms with van der Waals surface area (Å²) in [6, 6.07) is 5.46. The van der Waals surface area contributed by atoms with E-state index in [4.69, 9.17) is 0 Å². The molecule has 0 aliphatic heterocycles. The van der Waals surface area contributed by atoms with Gasteiger partial charge in [-0.15, -0.1) is 0 Å². The topological polar surface area (TPSA) is 66.5 Å². The van der Waals surface area contributed by atoms with E-state index < -0.39 is 10.0 Å². The Hall–Kier alpha value is -1.47. The lowest BCUT2D eigenvalue weighted by atomic mass is 10.2. The van der Waals surface area contributed by atoms with Crippen LogP contribution in [0.4, 0.5) is 10.1 Å². The maximum absolute atomic E-state index is 12.8. The Bertz CT molecular complexity index is 528. The first-order valence-corrected chi connectivity index (χ1v) is 7.52. The van der Waals surface area contributed by atoms with E-state index in [1.54, 1.807) is 0 Å². The highest BCUT2D eigenvalue weighted by Crippen LogP contribution is 2.14. The van der Waals surface area contributed by atoms with Gasteiger partial charge in [-0.1, -0.05) is 0 Å². The van der Waals surface area contributed by atoms with Gasteiger partial charge in [-0.3, -0.25) is 4.79 Å². The van der Waals surface area contributed by atoms with Crippen LogP contribution in [0.15, 0.2) is 24.3 Å². The molecule has 0 bridgehead atoms. The maximum Gasteiger partial charge on any atom is 0.223 e. The largest absolute Gasteiger partial charge is 0.311 e. The second-order valence-electron chi connectivity index (χ2n) is 3.94. The van der Waals surface area contributed by atoms with E-state index in [9.17, 15) is 17.6 Å². The number of carbonyl (C=O) groups is 1. The van der Waals surface area contributed by atoms with Gasteiger partial charge in [-0.05, 0) is 31.2 Å². The van der Waals surface area contributed by atoms with Gasteiger partial charge in [-0.25, -0.2) is 17.5 Å². The lowest BCUT2D eigenvalue weighted by Gasteiger charge is -2.21. The van der Waals surface area contributed by atoms with Crippen LogP contribution in [-0.4, -0.2) is 33.2 Å². The predicted octanol–water partition coefficient (Wildman–Crippen LogP) is 1.12. The summed E-state index contributed by atoms with van der Waals surface area (Å²) >= 11 is 0. The molecular weight excluding hydrogens is 271 g/mol. The third-order valence-corrected chi connectivity index (χ3v) is 3.96. The number of hydrogen-bond donors (Lipinski definition) is 1. The smallest absolute Gasteiger partial charge is 0.223 e. The van der Waals surface area contributed by atoms with E-state index in [1.807, 2.05) is 0 Å². The molecule has 0 radical (unpaired) electrons. The van der Waals surface area contributed by atoms with Crippen LogP contribution in [0.1, 0.15) is 13.8 Å². The van der Waals surface area contributed by atoms with E-state index in [2.05, 4.69) is 4.72 Å². The second-order valence-corrected chi connectivity index (χ2v) is 6.04. The maximum atomic E-state index is 12.8. The van der Waals surface area contributed by atoms with Crippen LogP contribution in [0.5, 0.6) is 0 Å². The van der Waals surface area contributed by atoms with Gasteiger partial charge in [0.1, 0.15) is 5.82 Å². The van der Waals surface area contributed by atoms with Crippen molar-refractivity contribution < 1.29 is 17.6 Å². The molecule has 1 N–H and O–H groups in total. The fourth-order valence-corrected chi connectivity index (χ4v) is 2.11. The van der Waals surface area contributed by atoms with Crippen LogP contribution in [0.25, 0.3) is 0 Å². The molecule has 0 aromatic heterocycles. The Morgan fingerprint density at radius 1 is 1.32 bits per heavy atom. The summed E-state index contributed by atoms with van der Waals surface area (Å²) in [5.74, 6) is -0.634. The van der Waals surface area contributed by atoms with Gasteiger partial charge in [0, 0.05) is 25.7 Å². The van der Waals surface area contributed by atoms with Gasteiger partial charge in [0.15, 0.2) is 0 Å². The number of hydrogen-bond acceptors (Lipinski definition) is 3. The number of anilines is 1. The molecule has 0 unspecified atom stereocenters. The number of nitrogens with zero attached hydrogens (tertiary/aromatic N) is 1. The predicted molar refractivity (Wildman–Crippen MR) is 71.9 cm³/mol. The first-order chi connectivity index (χ1) is 8.85. The molecule has 1 aromatic carbocycles. The van der Waals surface area contributed by atoms with Crippen molar-refractivity contribution >= 4 is 21.6 Å². The third-order valence-electron chi connectivity index (χ3n) is 2.56. The van der Waals surface area contributed by atoms with E-state index >= 15 is 0 Å². The Kier molecular flexibility index (Phi) is 5.44. The molecule has 1 rings (SSSR count). The molecule has 1 amide bonds. The normalized spacial score (nSPS) is 11.3. The van der Waals surface area contributed by atoms with Gasteiger partial charge in [0.05, 0.1) is 5.75 Å². The van der Waals surface area contributed by atoms with Gasteiger partial charge >= 0.3 is 0 Å². The highest BCUT2D eigenvalue weighted by atomic mass is 32.2. The monoisotopic (exact) mass is 288 g/mol. The third kappa shape index (κ3) is 4.96. The molecule has 0 heterocycles. The number of amides is 1. The molecule has 7 heteroatoms. The van der Waals surface area contributed by atoms with Gasteiger partial charge in [0.2, 0.25) is 15.9 Å². The molecule has 0 saturated heterocycles. The lowest BCUT2D eigenvalue weighted by Crippen LogP contribution is -2.38. The van der Waals surface area contributed by atoms with Gasteiger partial charge in [0.25, 0.3) is 0 Å². The van der Waals surface area contributed by atoms with Crippen molar-refractivity contribution in [1.82, 2.24) is 4.72 Å². The summed E-state index contributed by atoms with van der Waals surface area (Å²) in [7, 11) is -3.28. The fraction of sp³-hybridized carbons (Fsp3) is 0.417. The quantitative estimate of drug-likeness (QED) is 0.853. The molecule has 0 fully saturated rings. The van der Waals surface area contributed by atoms with Crippen molar-refractivity contribution in [3.63, 3.8) is 0 Å². The van der Waals surface area contributed by atoms with E-state index in [1.165, 1.54) is 43.0 Å². The number of sulfonamides is 1. The van der Waals surface area contributed by atoms with Crippen molar-refractivity contribution in [1.29, 1.82) is 0 Å². The molecule has 0 saturated carbocycles. The van der Waals surface area contributed by atoms with Crippen molar-refractivity contribution in [3.05, 3.63) is 30.1 Å². The molecule has 0 atom stereocenters. The molecule has 0 aliphatic rings. The highest BCUT2D eigenvalue weighted by Gasteiger charge is 2.13. The molecule has 106 valence electrons. The van der Waals surface area contributed by atoms with E-state index in [0.29, 0.717) is 5.69 Å². The number of halogens is 1. The molecular formula is C12H17FN2O3S. The van der Waals surface area contributed by atoms with Crippen LogP contribution in [0.3, 0.4) is 0 Å². The minimum absolute atomic E-state index is 0.0103. The number of rotatable bonds is 6. The Morgan fingerprint density at radius 3 is 2.37 bits per heavy atom. The minimum atomic E-state index is -3.28.